The van der Waals surface area contributed by atoms with E-state index < -0.39 is 17.6 Å². The van der Waals surface area contributed by atoms with Gasteiger partial charge in [-0.3, -0.25) is 9.59 Å². The van der Waals surface area contributed by atoms with Gasteiger partial charge in [-0.25, -0.2) is 0 Å². The molecule has 1 aromatic carbocycles. The second-order valence-electron chi connectivity index (χ2n) is 11.3. The number of β-amino-alcohol motifs (C(OH)–C–C–N with tert-alkyl or cyclic N) is 1. The van der Waals surface area contributed by atoms with Gasteiger partial charge in [0, 0.05) is 44.8 Å². The van der Waals surface area contributed by atoms with Gasteiger partial charge in [0.05, 0.1) is 18.3 Å². The fraction of sp³-hybridized carbons (Fsp3) is 0.724. The van der Waals surface area contributed by atoms with Crippen molar-refractivity contribution in [2.45, 2.75) is 78.4 Å². The zero-order valence-corrected chi connectivity index (χ0v) is 23.5. The first-order valence-corrected chi connectivity index (χ1v) is 13.8. The number of methoxy groups -OCH3 is 1. The van der Waals surface area contributed by atoms with E-state index in [-0.39, 0.29) is 30.2 Å². The number of para-hydroxylation sites is 1. The summed E-state index contributed by atoms with van der Waals surface area (Å²) in [5.41, 5.74) is 6.52. The number of hydrogen-bond donors (Lipinski definition) is 3. The molecule has 3 atom stereocenters. The van der Waals surface area contributed by atoms with Gasteiger partial charge >= 0.3 is 0 Å². The molecule has 4 N–H and O–H groups in total. The molecule has 8 heteroatoms. The molecule has 1 saturated heterocycles. The molecule has 1 aliphatic heterocycles. The first-order chi connectivity index (χ1) is 17.6. The molecule has 8 nitrogen and oxygen atoms in total. The predicted octanol–water partition coefficient (Wildman–Crippen LogP) is 3.61. The van der Waals surface area contributed by atoms with Crippen LogP contribution in [0.3, 0.4) is 0 Å². The third-order valence-corrected chi connectivity index (χ3v) is 7.42. The lowest BCUT2D eigenvalue weighted by molar-refractivity contribution is -0.141. The summed E-state index contributed by atoms with van der Waals surface area (Å²) in [6.07, 6.45) is 4.28. The normalized spacial score (nSPS) is 18.3. The Labute approximate surface area is 223 Å². The Morgan fingerprint density at radius 3 is 2.59 bits per heavy atom. The van der Waals surface area contributed by atoms with Crippen molar-refractivity contribution in [3.05, 3.63) is 29.8 Å². The summed E-state index contributed by atoms with van der Waals surface area (Å²) in [7, 11) is 1.68. The highest BCUT2D eigenvalue weighted by atomic mass is 16.5. The number of carbonyl (C=O) groups excluding carboxylic acids is 2. The lowest BCUT2D eigenvalue weighted by atomic mass is 9.86. The molecular weight excluding hydrogens is 470 g/mol. The molecule has 1 heterocycles. The molecule has 0 radical (unpaired) electrons. The molecule has 2 rings (SSSR count). The highest BCUT2D eigenvalue weighted by molar-refractivity contribution is 5.96. The maximum absolute atomic E-state index is 13.0. The second-order valence-corrected chi connectivity index (χ2v) is 11.3. The van der Waals surface area contributed by atoms with E-state index >= 15 is 0 Å². The van der Waals surface area contributed by atoms with Crippen molar-refractivity contribution in [2.75, 3.05) is 40.0 Å². The zero-order chi connectivity index (χ0) is 27.4. The highest BCUT2D eigenvalue weighted by Crippen LogP contribution is 2.30. The number of carbonyl (C=O) groups is 2. The number of nitrogens with zero attached hydrogens (tertiary/aromatic N) is 1. The Morgan fingerprint density at radius 2 is 1.89 bits per heavy atom. The van der Waals surface area contributed by atoms with E-state index in [4.69, 9.17) is 15.2 Å². The molecule has 0 aromatic heterocycles. The van der Waals surface area contributed by atoms with E-state index in [0.29, 0.717) is 44.0 Å². The van der Waals surface area contributed by atoms with E-state index in [1.54, 1.807) is 18.1 Å². The predicted molar refractivity (Wildman–Crippen MR) is 147 cm³/mol. The third-order valence-electron chi connectivity index (χ3n) is 7.42. The number of amides is 2. The molecule has 0 spiro atoms. The summed E-state index contributed by atoms with van der Waals surface area (Å²) < 4.78 is 10.9. The lowest BCUT2D eigenvalue weighted by Gasteiger charge is -2.33. The largest absolute Gasteiger partial charge is 0.493 e. The number of nitrogens with two attached hydrogens (primary N) is 1. The summed E-state index contributed by atoms with van der Waals surface area (Å²) in [5.74, 6) is 0.792. The van der Waals surface area contributed by atoms with Crippen LogP contribution in [-0.4, -0.2) is 73.9 Å². The number of ether oxygens (including phenoxy) is 2. The van der Waals surface area contributed by atoms with Crippen molar-refractivity contribution in [2.24, 2.45) is 23.0 Å². The first-order valence-electron chi connectivity index (χ1n) is 13.8. The van der Waals surface area contributed by atoms with Crippen LogP contribution in [0.2, 0.25) is 0 Å². The van der Waals surface area contributed by atoms with Gasteiger partial charge in [0.15, 0.2) is 0 Å². The zero-order valence-electron chi connectivity index (χ0n) is 23.5. The highest BCUT2D eigenvalue weighted by Gasteiger charge is 2.35. The van der Waals surface area contributed by atoms with Gasteiger partial charge in [-0.05, 0) is 56.1 Å². The van der Waals surface area contributed by atoms with Crippen molar-refractivity contribution < 1.29 is 24.2 Å². The SMILES string of the molecule is COCCCCOc1ccccc1C(=O)NCC(CC(N)C(O)CN1CCCCC(C)(C)C1=O)C(C)C. The van der Waals surface area contributed by atoms with Crippen LogP contribution in [0.5, 0.6) is 5.75 Å². The van der Waals surface area contributed by atoms with Crippen LogP contribution in [0.4, 0.5) is 0 Å². The molecule has 0 aliphatic carbocycles. The van der Waals surface area contributed by atoms with Crippen molar-refractivity contribution in [3.63, 3.8) is 0 Å². The molecule has 2 amide bonds. The number of benzene rings is 1. The van der Waals surface area contributed by atoms with Crippen molar-refractivity contribution in [1.82, 2.24) is 10.2 Å². The fourth-order valence-electron chi connectivity index (χ4n) is 4.77. The summed E-state index contributed by atoms with van der Waals surface area (Å²) in [6.45, 7) is 10.7. The minimum atomic E-state index is -0.818. The summed E-state index contributed by atoms with van der Waals surface area (Å²) >= 11 is 0. The Morgan fingerprint density at radius 1 is 1.19 bits per heavy atom. The first kappa shape index (κ1) is 31.1. The number of hydrogen-bond acceptors (Lipinski definition) is 6. The van der Waals surface area contributed by atoms with Gasteiger partial charge in [0.25, 0.3) is 5.91 Å². The number of rotatable bonds is 15. The maximum Gasteiger partial charge on any atom is 0.255 e. The second kappa shape index (κ2) is 15.3. The summed E-state index contributed by atoms with van der Waals surface area (Å²) in [6, 6.07) is 6.76. The quantitative estimate of drug-likeness (QED) is 0.305. The van der Waals surface area contributed by atoms with Crippen LogP contribution in [0.1, 0.15) is 76.6 Å². The molecule has 1 aliphatic rings. The molecule has 3 unspecified atom stereocenters. The average molecular weight is 520 g/mol. The Kier molecular flexibility index (Phi) is 12.8. The number of aliphatic hydroxyl groups is 1. The average Bonchev–Trinajstić information content (AvgIpc) is 2.99. The summed E-state index contributed by atoms with van der Waals surface area (Å²) in [5, 5.41) is 13.9. The molecule has 37 heavy (non-hydrogen) atoms. The number of likely N-dealkylation sites (tertiary alicyclic amines) is 1. The monoisotopic (exact) mass is 519 g/mol. The van der Waals surface area contributed by atoms with E-state index in [0.717, 1.165) is 32.1 Å². The van der Waals surface area contributed by atoms with E-state index in [2.05, 4.69) is 19.2 Å². The molecule has 1 fully saturated rings. The van der Waals surface area contributed by atoms with Crippen molar-refractivity contribution in [3.8, 4) is 5.75 Å². The molecule has 0 saturated carbocycles. The van der Waals surface area contributed by atoms with Gasteiger partial charge in [-0.2, -0.15) is 0 Å². The van der Waals surface area contributed by atoms with Crippen LogP contribution < -0.4 is 15.8 Å². The fourth-order valence-corrected chi connectivity index (χ4v) is 4.77. The Bertz CT molecular complexity index is 845. The van der Waals surface area contributed by atoms with Crippen LogP contribution in [0.25, 0.3) is 0 Å². The smallest absolute Gasteiger partial charge is 0.255 e. The Balaban J connectivity index is 1.92. The maximum atomic E-state index is 13.0. The number of aliphatic hydroxyl groups excluding tert-OH is 1. The molecule has 1 aromatic rings. The van der Waals surface area contributed by atoms with Crippen LogP contribution in [-0.2, 0) is 9.53 Å². The lowest BCUT2D eigenvalue weighted by Crippen LogP contribution is -2.49. The molecule has 210 valence electrons. The third kappa shape index (κ3) is 9.91. The number of nitrogens with one attached hydrogen (secondary N) is 1. The van der Waals surface area contributed by atoms with E-state index in [1.807, 2.05) is 32.0 Å². The topological polar surface area (TPSA) is 114 Å². The van der Waals surface area contributed by atoms with Gasteiger partial charge in [0.2, 0.25) is 5.91 Å². The standard InChI is InChI=1S/C29H49N3O5/c1-21(2)22(18-24(30)25(33)20-32-15-9-8-14-29(3,4)28(32)35)19-31-27(34)23-12-6-7-13-26(23)37-17-11-10-16-36-5/h6-7,12-13,21-22,24-25,33H,8-11,14-20,30H2,1-5H3,(H,31,34). The van der Waals surface area contributed by atoms with E-state index in [1.165, 1.54) is 0 Å². The van der Waals surface area contributed by atoms with Gasteiger partial charge < -0.3 is 30.5 Å². The number of unbranched alkanes of at least 4 members (excludes halogenated alkanes) is 1. The minimum absolute atomic E-state index is 0.0759. The van der Waals surface area contributed by atoms with Crippen LogP contribution in [0.15, 0.2) is 24.3 Å². The van der Waals surface area contributed by atoms with Gasteiger partial charge in [-0.1, -0.05) is 46.2 Å². The minimum Gasteiger partial charge on any atom is -0.493 e. The van der Waals surface area contributed by atoms with Gasteiger partial charge in [-0.15, -0.1) is 0 Å². The van der Waals surface area contributed by atoms with Crippen molar-refractivity contribution in [1.29, 1.82) is 0 Å². The van der Waals surface area contributed by atoms with E-state index in [9.17, 15) is 14.7 Å². The summed E-state index contributed by atoms with van der Waals surface area (Å²) in [4.78, 5) is 27.7. The van der Waals surface area contributed by atoms with Gasteiger partial charge in [0.1, 0.15) is 5.75 Å². The van der Waals surface area contributed by atoms with Crippen LogP contribution in [0, 0.1) is 17.3 Å². The molecular formula is C29H49N3O5. The molecule has 0 bridgehead atoms. The Hall–Kier alpha value is -2.16. The van der Waals surface area contributed by atoms with Crippen molar-refractivity contribution >= 4 is 11.8 Å². The van der Waals surface area contributed by atoms with Crippen LogP contribution >= 0.6 is 0 Å².